The van der Waals surface area contributed by atoms with Crippen LogP contribution in [0.3, 0.4) is 0 Å². The summed E-state index contributed by atoms with van der Waals surface area (Å²) in [4.78, 5) is 2.94. The summed E-state index contributed by atoms with van der Waals surface area (Å²) in [7, 11) is -3.80. The number of hydrogen-bond donors (Lipinski definition) is 2. The van der Waals surface area contributed by atoms with Crippen molar-refractivity contribution in [3.63, 3.8) is 0 Å². The van der Waals surface area contributed by atoms with Gasteiger partial charge in [0.2, 0.25) is 10.0 Å². The Morgan fingerprint density at radius 2 is 1.81 bits per heavy atom. The predicted octanol–water partition coefficient (Wildman–Crippen LogP) is 2.39. The van der Waals surface area contributed by atoms with E-state index in [-0.39, 0.29) is 4.90 Å². The van der Waals surface area contributed by atoms with Gasteiger partial charge in [0.25, 0.3) is 0 Å². The third-order valence-corrected chi connectivity index (χ3v) is 4.11. The van der Waals surface area contributed by atoms with Crippen LogP contribution in [0.25, 0.3) is 10.9 Å². The zero-order valence-corrected chi connectivity index (χ0v) is 11.9. The van der Waals surface area contributed by atoms with Crippen molar-refractivity contribution in [3.05, 3.63) is 60.3 Å². The van der Waals surface area contributed by atoms with Gasteiger partial charge in [-0.2, -0.15) is 0 Å². The highest BCUT2D eigenvalue weighted by Crippen LogP contribution is 2.31. The predicted molar refractivity (Wildman–Crippen MR) is 80.4 cm³/mol. The van der Waals surface area contributed by atoms with Crippen LogP contribution < -0.4 is 9.88 Å². The van der Waals surface area contributed by atoms with Crippen LogP contribution in [0.2, 0.25) is 0 Å². The highest BCUT2D eigenvalue weighted by Gasteiger charge is 2.17. The SMILES string of the molecule is NS(=O)(=O)c1c[nH]c2cccc(OCc3ccccc3)c12. The molecule has 0 fully saturated rings. The molecule has 108 valence electrons. The van der Waals surface area contributed by atoms with Gasteiger partial charge in [-0.1, -0.05) is 36.4 Å². The molecule has 21 heavy (non-hydrogen) atoms. The van der Waals surface area contributed by atoms with Gasteiger partial charge in [0, 0.05) is 6.20 Å². The van der Waals surface area contributed by atoms with Crippen LogP contribution in [0.1, 0.15) is 5.56 Å². The molecular weight excluding hydrogens is 288 g/mol. The zero-order valence-electron chi connectivity index (χ0n) is 11.1. The van der Waals surface area contributed by atoms with Crippen LogP contribution >= 0.6 is 0 Å². The van der Waals surface area contributed by atoms with E-state index in [2.05, 4.69) is 4.98 Å². The molecule has 0 bridgehead atoms. The molecule has 2 aromatic carbocycles. The van der Waals surface area contributed by atoms with E-state index in [9.17, 15) is 8.42 Å². The first-order valence-electron chi connectivity index (χ1n) is 6.35. The van der Waals surface area contributed by atoms with Crippen molar-refractivity contribution in [2.24, 2.45) is 5.14 Å². The lowest BCUT2D eigenvalue weighted by Gasteiger charge is -2.08. The van der Waals surface area contributed by atoms with Gasteiger partial charge >= 0.3 is 0 Å². The summed E-state index contributed by atoms with van der Waals surface area (Å²) >= 11 is 0. The number of benzene rings is 2. The van der Waals surface area contributed by atoms with Crippen LogP contribution in [0.5, 0.6) is 5.75 Å². The number of H-pyrrole nitrogens is 1. The van der Waals surface area contributed by atoms with Crippen molar-refractivity contribution in [2.75, 3.05) is 0 Å². The zero-order chi connectivity index (χ0) is 14.9. The smallest absolute Gasteiger partial charge is 0.240 e. The fourth-order valence-electron chi connectivity index (χ4n) is 2.20. The van der Waals surface area contributed by atoms with E-state index in [0.29, 0.717) is 23.3 Å². The number of ether oxygens (including phenoxy) is 1. The van der Waals surface area contributed by atoms with Gasteiger partial charge < -0.3 is 9.72 Å². The second-order valence-electron chi connectivity index (χ2n) is 4.65. The van der Waals surface area contributed by atoms with Gasteiger partial charge in [0.1, 0.15) is 17.3 Å². The maximum atomic E-state index is 11.6. The molecule has 0 saturated heterocycles. The normalized spacial score (nSPS) is 11.7. The molecule has 0 spiro atoms. The Labute approximate surface area is 122 Å². The first-order valence-corrected chi connectivity index (χ1v) is 7.90. The van der Waals surface area contributed by atoms with Gasteiger partial charge in [-0.25, -0.2) is 13.6 Å². The molecule has 0 atom stereocenters. The van der Waals surface area contributed by atoms with Crippen molar-refractivity contribution in [1.82, 2.24) is 4.98 Å². The monoisotopic (exact) mass is 302 g/mol. The van der Waals surface area contributed by atoms with Crippen LogP contribution in [0.4, 0.5) is 0 Å². The van der Waals surface area contributed by atoms with E-state index in [1.807, 2.05) is 30.3 Å². The average molecular weight is 302 g/mol. The summed E-state index contributed by atoms with van der Waals surface area (Å²) in [6.07, 6.45) is 1.38. The lowest BCUT2D eigenvalue weighted by atomic mass is 10.2. The van der Waals surface area contributed by atoms with Crippen molar-refractivity contribution >= 4 is 20.9 Å². The molecule has 0 saturated carbocycles. The summed E-state index contributed by atoms with van der Waals surface area (Å²) in [5, 5.41) is 5.72. The quantitative estimate of drug-likeness (QED) is 0.776. The molecule has 0 amide bonds. The Morgan fingerprint density at radius 1 is 1.05 bits per heavy atom. The Morgan fingerprint density at radius 3 is 2.52 bits per heavy atom. The molecule has 0 radical (unpaired) electrons. The highest BCUT2D eigenvalue weighted by molar-refractivity contribution is 7.89. The van der Waals surface area contributed by atoms with E-state index in [1.54, 1.807) is 18.2 Å². The van der Waals surface area contributed by atoms with E-state index in [0.717, 1.165) is 5.56 Å². The molecule has 3 N–H and O–H groups in total. The minimum absolute atomic E-state index is 0.0427. The molecule has 6 heteroatoms. The van der Waals surface area contributed by atoms with Gasteiger partial charge in [-0.15, -0.1) is 0 Å². The molecule has 1 heterocycles. The third-order valence-electron chi connectivity index (χ3n) is 3.18. The molecule has 0 aliphatic carbocycles. The van der Waals surface area contributed by atoms with E-state index in [4.69, 9.17) is 9.88 Å². The van der Waals surface area contributed by atoms with Gasteiger partial charge in [0.15, 0.2) is 0 Å². The number of sulfonamides is 1. The minimum atomic E-state index is -3.80. The standard InChI is InChI=1S/C15H14N2O3S/c16-21(18,19)14-9-17-12-7-4-8-13(15(12)14)20-10-11-5-2-1-3-6-11/h1-9,17H,10H2,(H2,16,18,19). The summed E-state index contributed by atoms with van der Waals surface area (Å²) in [5.41, 5.74) is 1.67. The highest BCUT2D eigenvalue weighted by atomic mass is 32.2. The first-order chi connectivity index (χ1) is 10.1. The number of hydrogen-bond acceptors (Lipinski definition) is 3. The number of rotatable bonds is 4. The molecular formula is C15H14N2O3S. The van der Waals surface area contributed by atoms with E-state index < -0.39 is 10.0 Å². The Balaban J connectivity index is 2.00. The number of fused-ring (bicyclic) bond motifs is 1. The molecule has 0 unspecified atom stereocenters. The van der Waals surface area contributed by atoms with Gasteiger partial charge in [-0.05, 0) is 17.7 Å². The number of aromatic nitrogens is 1. The summed E-state index contributed by atoms with van der Waals surface area (Å²) in [6, 6.07) is 15.0. The Kier molecular flexibility index (Phi) is 3.40. The summed E-state index contributed by atoms with van der Waals surface area (Å²) < 4.78 is 29.0. The van der Waals surface area contributed by atoms with E-state index in [1.165, 1.54) is 6.20 Å². The summed E-state index contributed by atoms with van der Waals surface area (Å²) in [5.74, 6) is 0.488. The largest absolute Gasteiger partial charge is 0.488 e. The lowest BCUT2D eigenvalue weighted by molar-refractivity contribution is 0.309. The van der Waals surface area contributed by atoms with Crippen LogP contribution in [-0.2, 0) is 16.6 Å². The van der Waals surface area contributed by atoms with Crippen molar-refractivity contribution < 1.29 is 13.2 Å². The number of nitrogens with one attached hydrogen (secondary N) is 1. The van der Waals surface area contributed by atoms with Crippen molar-refractivity contribution in [1.29, 1.82) is 0 Å². The fourth-order valence-corrected chi connectivity index (χ4v) is 2.92. The summed E-state index contributed by atoms with van der Waals surface area (Å²) in [6.45, 7) is 0.356. The van der Waals surface area contributed by atoms with Crippen LogP contribution in [0.15, 0.2) is 59.6 Å². The van der Waals surface area contributed by atoms with Crippen molar-refractivity contribution in [2.45, 2.75) is 11.5 Å². The van der Waals surface area contributed by atoms with Gasteiger partial charge in [-0.3, -0.25) is 0 Å². The second kappa shape index (κ2) is 5.23. The number of primary sulfonamides is 1. The third kappa shape index (κ3) is 2.76. The lowest BCUT2D eigenvalue weighted by Crippen LogP contribution is -2.11. The van der Waals surface area contributed by atoms with Crippen LogP contribution in [0, 0.1) is 0 Å². The molecule has 1 aromatic heterocycles. The molecule has 3 aromatic rings. The fraction of sp³-hybridized carbons (Fsp3) is 0.0667. The number of nitrogens with two attached hydrogens (primary N) is 1. The first kappa shape index (κ1) is 13.7. The second-order valence-corrected chi connectivity index (χ2v) is 6.18. The molecule has 3 rings (SSSR count). The maximum absolute atomic E-state index is 11.6. The number of aromatic amines is 1. The molecule has 0 aliphatic heterocycles. The topological polar surface area (TPSA) is 85.2 Å². The molecule has 5 nitrogen and oxygen atoms in total. The Hall–Kier alpha value is -2.31. The van der Waals surface area contributed by atoms with Crippen LogP contribution in [-0.4, -0.2) is 13.4 Å². The maximum Gasteiger partial charge on any atom is 0.240 e. The Bertz CT molecular complexity index is 870. The molecule has 0 aliphatic rings. The minimum Gasteiger partial charge on any atom is -0.488 e. The van der Waals surface area contributed by atoms with Crippen molar-refractivity contribution in [3.8, 4) is 5.75 Å². The average Bonchev–Trinajstić information content (AvgIpc) is 2.91. The van der Waals surface area contributed by atoms with Gasteiger partial charge in [0.05, 0.1) is 10.9 Å². The van der Waals surface area contributed by atoms with E-state index >= 15 is 0 Å².